The van der Waals surface area contributed by atoms with Crippen LogP contribution in [0, 0.1) is 0 Å². The lowest BCUT2D eigenvalue weighted by Gasteiger charge is -1.99. The summed E-state index contributed by atoms with van der Waals surface area (Å²) < 4.78 is 3.09. The van der Waals surface area contributed by atoms with Gasteiger partial charge in [-0.15, -0.1) is 0 Å². The van der Waals surface area contributed by atoms with Gasteiger partial charge >= 0.3 is 0 Å². The first kappa shape index (κ1) is 15.5. The maximum atomic E-state index is 11.3. The van der Waals surface area contributed by atoms with Gasteiger partial charge in [0.15, 0.2) is 0 Å². The Morgan fingerprint density at radius 2 is 1.86 bits per heavy atom. The molecule has 108 valence electrons. The Morgan fingerprint density at radius 3 is 2.48 bits per heavy atom. The van der Waals surface area contributed by atoms with Crippen LogP contribution in [0.2, 0.25) is 0 Å². The Labute approximate surface area is 136 Å². The topological polar surface area (TPSA) is 93.5 Å². The third-order valence-corrected chi connectivity index (χ3v) is 3.30. The second kappa shape index (κ2) is 6.68. The molecule has 0 spiro atoms. The van der Waals surface area contributed by atoms with Gasteiger partial charge in [0.1, 0.15) is 11.5 Å². The van der Waals surface area contributed by atoms with Crippen molar-refractivity contribution in [3.8, 4) is 5.88 Å². The van der Waals surface area contributed by atoms with E-state index in [4.69, 9.17) is 10.8 Å². The van der Waals surface area contributed by atoms with E-state index >= 15 is 0 Å². The Balaban J connectivity index is 0.000000173. The number of nitrogens with zero attached hydrogens (tertiary/aromatic N) is 3. The van der Waals surface area contributed by atoms with Gasteiger partial charge < -0.3 is 10.8 Å². The van der Waals surface area contributed by atoms with Crippen LogP contribution in [0.1, 0.15) is 0 Å². The highest BCUT2D eigenvalue weighted by Gasteiger charge is 2.00. The maximum Gasteiger partial charge on any atom is 0.261 e. The summed E-state index contributed by atoms with van der Waals surface area (Å²) in [6, 6.07) is 8.05. The summed E-state index contributed by atoms with van der Waals surface area (Å²) in [6.07, 6.45) is 3.26. The van der Waals surface area contributed by atoms with E-state index in [9.17, 15) is 4.79 Å². The average Bonchev–Trinajstić information content (AvgIpc) is 2.44. The highest BCUT2D eigenvalue weighted by Crippen LogP contribution is 2.10. The molecule has 0 radical (unpaired) electrons. The van der Waals surface area contributed by atoms with E-state index in [2.05, 4.69) is 41.8 Å². The highest BCUT2D eigenvalue weighted by molar-refractivity contribution is 9.10. The van der Waals surface area contributed by atoms with Gasteiger partial charge in [0.05, 0.1) is 6.07 Å². The summed E-state index contributed by atoms with van der Waals surface area (Å²) in [7, 11) is 0. The quantitative estimate of drug-likeness (QED) is 0.590. The van der Waals surface area contributed by atoms with E-state index in [1.54, 1.807) is 30.6 Å². The zero-order valence-corrected chi connectivity index (χ0v) is 13.7. The van der Waals surface area contributed by atoms with E-state index in [1.165, 1.54) is 4.40 Å². The predicted octanol–water partition coefficient (Wildman–Crippen LogP) is 2.59. The molecule has 8 heteroatoms. The Kier molecular flexibility index (Phi) is 4.92. The number of fused-ring (bicyclic) bond motifs is 1. The zero-order chi connectivity index (χ0) is 15.4. The summed E-state index contributed by atoms with van der Waals surface area (Å²) in [6.45, 7) is 0. The van der Waals surface area contributed by atoms with Crippen molar-refractivity contribution in [3.63, 3.8) is 0 Å². The van der Waals surface area contributed by atoms with Crippen LogP contribution in [-0.2, 0) is 0 Å². The van der Waals surface area contributed by atoms with Crippen LogP contribution in [0.3, 0.4) is 0 Å². The van der Waals surface area contributed by atoms with Crippen LogP contribution >= 0.6 is 31.9 Å². The SMILES string of the molecule is Nc1ccc(Br)cn1.O=c1cc(O)nc2ccc(Br)cn12. The molecule has 3 rings (SSSR count). The summed E-state index contributed by atoms with van der Waals surface area (Å²) in [4.78, 5) is 18.9. The molecule has 0 aliphatic rings. The van der Waals surface area contributed by atoms with E-state index in [0.29, 0.717) is 11.5 Å². The van der Waals surface area contributed by atoms with Crippen LogP contribution < -0.4 is 11.3 Å². The Bertz CT molecular complexity index is 798. The van der Waals surface area contributed by atoms with Gasteiger partial charge in [0, 0.05) is 21.3 Å². The van der Waals surface area contributed by atoms with Crippen molar-refractivity contribution in [3.05, 3.63) is 62.0 Å². The van der Waals surface area contributed by atoms with Crippen molar-refractivity contribution in [2.24, 2.45) is 0 Å². The molecule has 3 aromatic heterocycles. The number of aromatic hydroxyl groups is 1. The molecule has 0 saturated heterocycles. The molecule has 21 heavy (non-hydrogen) atoms. The molecule has 0 fully saturated rings. The third kappa shape index (κ3) is 4.27. The lowest BCUT2D eigenvalue weighted by Crippen LogP contribution is -2.12. The number of nitrogen functional groups attached to an aromatic ring is 1. The van der Waals surface area contributed by atoms with Gasteiger partial charge in [-0.2, -0.15) is 4.98 Å². The molecule has 3 aromatic rings. The van der Waals surface area contributed by atoms with Crippen molar-refractivity contribution >= 4 is 43.3 Å². The Morgan fingerprint density at radius 1 is 1.14 bits per heavy atom. The molecule has 3 N–H and O–H groups in total. The average molecular weight is 414 g/mol. The van der Waals surface area contributed by atoms with Crippen LogP contribution in [0.5, 0.6) is 5.88 Å². The van der Waals surface area contributed by atoms with Crippen LogP contribution in [-0.4, -0.2) is 19.5 Å². The van der Waals surface area contributed by atoms with Gasteiger partial charge in [0.25, 0.3) is 5.56 Å². The molecule has 0 saturated carbocycles. The minimum Gasteiger partial charge on any atom is -0.493 e. The number of hydrogen-bond acceptors (Lipinski definition) is 5. The molecule has 6 nitrogen and oxygen atoms in total. The van der Waals surface area contributed by atoms with E-state index in [1.807, 2.05) is 6.07 Å². The number of anilines is 1. The number of halogens is 2. The largest absolute Gasteiger partial charge is 0.493 e. The first-order valence-electron chi connectivity index (χ1n) is 5.70. The van der Waals surface area contributed by atoms with E-state index < -0.39 is 0 Å². The maximum absolute atomic E-state index is 11.3. The minimum absolute atomic E-state index is 0.257. The minimum atomic E-state index is -0.302. The molecule has 0 amide bonds. The van der Waals surface area contributed by atoms with Crippen molar-refractivity contribution < 1.29 is 5.11 Å². The predicted molar refractivity (Wildman–Crippen MR) is 87.2 cm³/mol. The molecular formula is C13H10Br2N4O2. The smallest absolute Gasteiger partial charge is 0.261 e. The number of nitrogens with two attached hydrogens (primary N) is 1. The third-order valence-electron chi connectivity index (χ3n) is 2.36. The Hall–Kier alpha value is -1.93. The van der Waals surface area contributed by atoms with Gasteiger partial charge in [-0.1, -0.05) is 0 Å². The van der Waals surface area contributed by atoms with Crippen molar-refractivity contribution in [2.75, 3.05) is 5.73 Å². The molecule has 0 aromatic carbocycles. The summed E-state index contributed by atoms with van der Waals surface area (Å²) >= 11 is 6.46. The number of rotatable bonds is 0. The van der Waals surface area contributed by atoms with E-state index in [-0.39, 0.29) is 11.4 Å². The fourth-order valence-corrected chi connectivity index (χ4v) is 2.02. The van der Waals surface area contributed by atoms with Crippen LogP contribution in [0.25, 0.3) is 5.65 Å². The summed E-state index contributed by atoms with van der Waals surface area (Å²) in [5, 5.41) is 9.04. The van der Waals surface area contributed by atoms with Crippen molar-refractivity contribution in [1.82, 2.24) is 14.4 Å². The summed E-state index contributed by atoms with van der Waals surface area (Å²) in [5.74, 6) is 0.292. The normalized spacial score (nSPS) is 10.0. The van der Waals surface area contributed by atoms with Gasteiger partial charge in [-0.3, -0.25) is 9.20 Å². The second-order valence-corrected chi connectivity index (χ2v) is 5.76. The highest BCUT2D eigenvalue weighted by atomic mass is 79.9. The van der Waals surface area contributed by atoms with Crippen LogP contribution in [0.4, 0.5) is 5.82 Å². The standard InChI is InChI=1S/C8H5BrN2O2.C5H5BrN2/c9-5-1-2-6-10-7(12)3-8(13)11(6)4-5;6-4-1-2-5(7)8-3-4/h1-4,12H;1-3H,(H2,7,8). The molecule has 0 aliphatic heterocycles. The first-order chi connectivity index (χ1) is 9.95. The molecule has 0 atom stereocenters. The van der Waals surface area contributed by atoms with Crippen LogP contribution in [0.15, 0.2) is 56.5 Å². The number of pyridine rings is 2. The van der Waals surface area contributed by atoms with Crippen molar-refractivity contribution in [1.29, 1.82) is 0 Å². The number of aromatic nitrogens is 3. The zero-order valence-electron chi connectivity index (χ0n) is 10.6. The van der Waals surface area contributed by atoms with E-state index in [0.717, 1.165) is 15.0 Å². The summed E-state index contributed by atoms with van der Waals surface area (Å²) in [5.41, 5.74) is 5.42. The lowest BCUT2D eigenvalue weighted by molar-refractivity contribution is 0.453. The molecule has 3 heterocycles. The lowest BCUT2D eigenvalue weighted by atomic mass is 10.4. The molecular weight excluding hydrogens is 404 g/mol. The molecule has 0 unspecified atom stereocenters. The van der Waals surface area contributed by atoms with Gasteiger partial charge in [0.2, 0.25) is 5.88 Å². The molecule has 0 aliphatic carbocycles. The first-order valence-corrected chi connectivity index (χ1v) is 7.29. The van der Waals surface area contributed by atoms with Gasteiger partial charge in [-0.25, -0.2) is 4.98 Å². The van der Waals surface area contributed by atoms with Gasteiger partial charge in [-0.05, 0) is 56.1 Å². The van der Waals surface area contributed by atoms with Crippen molar-refractivity contribution in [2.45, 2.75) is 0 Å². The second-order valence-electron chi connectivity index (χ2n) is 3.93. The fraction of sp³-hybridized carbons (Fsp3) is 0. The fourth-order valence-electron chi connectivity index (χ4n) is 1.45. The molecule has 0 bridgehead atoms. The monoisotopic (exact) mass is 412 g/mol. The number of hydrogen-bond donors (Lipinski definition) is 2.